The highest BCUT2D eigenvalue weighted by molar-refractivity contribution is 7.92. The average Bonchev–Trinajstić information content (AvgIpc) is 2.82. The smallest absolute Gasteiger partial charge is 0.268 e. The van der Waals surface area contributed by atoms with Gasteiger partial charge in [-0.25, -0.2) is 13.4 Å². The molecule has 0 aliphatic carbocycles. The van der Waals surface area contributed by atoms with E-state index >= 15 is 0 Å². The number of hydrogen-bond donors (Lipinski definition) is 1. The van der Waals surface area contributed by atoms with Crippen LogP contribution in [0.3, 0.4) is 0 Å². The molecule has 1 aromatic carbocycles. The Morgan fingerprint density at radius 1 is 0.771 bits per heavy atom. The summed E-state index contributed by atoms with van der Waals surface area (Å²) in [6, 6.07) is 17.1. The van der Waals surface area contributed by atoms with Gasteiger partial charge in [-0.2, -0.15) is 13.2 Å². The van der Waals surface area contributed by atoms with E-state index in [-0.39, 0.29) is 5.82 Å². The summed E-state index contributed by atoms with van der Waals surface area (Å²) in [6.45, 7) is 0. The molecule has 3 aromatic heterocycles. The van der Waals surface area contributed by atoms with Crippen molar-refractivity contribution >= 4 is 15.8 Å². The molecule has 1 atom stereocenters. The van der Waals surface area contributed by atoms with Crippen LogP contribution in [0.5, 0.6) is 0 Å². The lowest BCUT2D eigenvalue weighted by Crippen LogP contribution is -2.18. The molecule has 0 fully saturated rings. The SMILES string of the molecule is CS(=O)(=O)Nc1cccc(C(c2ccc(C(F)(F)F)cc2)C(c2cccnc2)c2cccnc2)n1. The van der Waals surface area contributed by atoms with Crippen LogP contribution in [0, 0.1) is 0 Å². The first kappa shape index (κ1) is 24.3. The molecule has 10 heteroatoms. The average molecular weight is 499 g/mol. The van der Waals surface area contributed by atoms with E-state index in [1.54, 1.807) is 49.1 Å². The summed E-state index contributed by atoms with van der Waals surface area (Å²) in [5.41, 5.74) is 1.87. The van der Waals surface area contributed by atoms with Crippen LogP contribution in [0.25, 0.3) is 0 Å². The first-order valence-corrected chi connectivity index (χ1v) is 12.4. The summed E-state index contributed by atoms with van der Waals surface area (Å²) in [6.07, 6.45) is 3.18. The molecule has 35 heavy (non-hydrogen) atoms. The van der Waals surface area contributed by atoms with Gasteiger partial charge in [0.05, 0.1) is 17.5 Å². The number of sulfonamides is 1. The van der Waals surface area contributed by atoms with Gasteiger partial charge < -0.3 is 0 Å². The van der Waals surface area contributed by atoms with Gasteiger partial charge in [-0.3, -0.25) is 14.7 Å². The number of benzene rings is 1. The molecule has 0 bridgehead atoms. The van der Waals surface area contributed by atoms with Gasteiger partial charge in [0, 0.05) is 36.6 Å². The van der Waals surface area contributed by atoms with E-state index in [4.69, 9.17) is 0 Å². The van der Waals surface area contributed by atoms with Gasteiger partial charge in [-0.05, 0) is 53.1 Å². The molecule has 0 aliphatic rings. The first-order valence-electron chi connectivity index (χ1n) is 10.5. The van der Waals surface area contributed by atoms with Gasteiger partial charge in [-0.15, -0.1) is 0 Å². The molecule has 0 amide bonds. The fourth-order valence-corrected chi connectivity index (χ4v) is 4.48. The van der Waals surface area contributed by atoms with Gasteiger partial charge in [-0.1, -0.05) is 30.3 Å². The fraction of sp³-hybridized carbons (Fsp3) is 0.160. The highest BCUT2D eigenvalue weighted by Crippen LogP contribution is 2.43. The maximum atomic E-state index is 13.2. The summed E-state index contributed by atoms with van der Waals surface area (Å²) in [5, 5.41) is 0. The summed E-state index contributed by atoms with van der Waals surface area (Å²) in [5.74, 6) is -0.889. The molecule has 6 nitrogen and oxygen atoms in total. The minimum atomic E-state index is -4.47. The first-order chi connectivity index (χ1) is 16.6. The van der Waals surface area contributed by atoms with Gasteiger partial charge in [0.2, 0.25) is 10.0 Å². The monoisotopic (exact) mass is 498 g/mol. The Balaban J connectivity index is 1.92. The van der Waals surface area contributed by atoms with E-state index in [9.17, 15) is 21.6 Å². The lowest BCUT2D eigenvalue weighted by Gasteiger charge is -2.28. The lowest BCUT2D eigenvalue weighted by molar-refractivity contribution is -0.137. The molecule has 180 valence electrons. The Kier molecular flexibility index (Phi) is 6.83. The highest BCUT2D eigenvalue weighted by Gasteiger charge is 2.33. The van der Waals surface area contributed by atoms with Crippen LogP contribution < -0.4 is 4.72 Å². The van der Waals surface area contributed by atoms with Crippen LogP contribution in [0.15, 0.2) is 91.5 Å². The number of anilines is 1. The van der Waals surface area contributed by atoms with Gasteiger partial charge in [0.15, 0.2) is 0 Å². The summed E-state index contributed by atoms with van der Waals surface area (Å²) >= 11 is 0. The van der Waals surface area contributed by atoms with Crippen LogP contribution in [0.2, 0.25) is 0 Å². The van der Waals surface area contributed by atoms with Crippen LogP contribution in [-0.4, -0.2) is 29.6 Å². The van der Waals surface area contributed by atoms with Crippen molar-refractivity contribution in [2.75, 3.05) is 11.0 Å². The molecular weight excluding hydrogens is 477 g/mol. The topological polar surface area (TPSA) is 84.8 Å². The van der Waals surface area contributed by atoms with Crippen LogP contribution in [0.4, 0.5) is 19.0 Å². The molecule has 3 heterocycles. The number of nitrogens with one attached hydrogen (secondary N) is 1. The summed E-state index contributed by atoms with van der Waals surface area (Å²) in [4.78, 5) is 13.0. The largest absolute Gasteiger partial charge is 0.416 e. The second-order valence-corrected chi connectivity index (χ2v) is 9.72. The highest BCUT2D eigenvalue weighted by atomic mass is 32.2. The Morgan fingerprint density at radius 2 is 1.37 bits per heavy atom. The van der Waals surface area contributed by atoms with E-state index in [2.05, 4.69) is 19.7 Å². The number of hydrogen-bond acceptors (Lipinski definition) is 5. The predicted molar refractivity (Wildman–Crippen MR) is 126 cm³/mol. The van der Waals surface area contributed by atoms with E-state index in [0.717, 1.165) is 29.5 Å². The van der Waals surface area contributed by atoms with Crippen LogP contribution in [-0.2, 0) is 16.2 Å². The Bertz CT molecular complexity index is 1340. The quantitative estimate of drug-likeness (QED) is 0.377. The Labute approximate surface area is 201 Å². The second-order valence-electron chi connectivity index (χ2n) is 7.97. The fourth-order valence-electron chi connectivity index (χ4n) is 3.98. The van der Waals surface area contributed by atoms with E-state index in [1.807, 2.05) is 12.1 Å². The number of aromatic nitrogens is 3. The van der Waals surface area contributed by atoms with Crippen molar-refractivity contribution in [1.29, 1.82) is 0 Å². The van der Waals surface area contributed by atoms with E-state index in [1.165, 1.54) is 18.2 Å². The molecule has 1 N–H and O–H groups in total. The molecule has 0 aliphatic heterocycles. The Hall–Kier alpha value is -3.79. The predicted octanol–water partition coefficient (Wildman–Crippen LogP) is 5.23. The van der Waals surface area contributed by atoms with Crippen molar-refractivity contribution in [1.82, 2.24) is 15.0 Å². The van der Waals surface area contributed by atoms with Crippen molar-refractivity contribution < 1.29 is 21.6 Å². The third-order valence-electron chi connectivity index (χ3n) is 5.40. The second kappa shape index (κ2) is 9.83. The van der Waals surface area contributed by atoms with E-state index in [0.29, 0.717) is 11.3 Å². The number of rotatable bonds is 7. The van der Waals surface area contributed by atoms with E-state index < -0.39 is 33.6 Å². The van der Waals surface area contributed by atoms with Gasteiger partial charge in [0.25, 0.3) is 0 Å². The standard InChI is InChI=1S/C25H21F3N4O2S/c1-35(33,34)32-22-8-2-7-21(31-22)24(17-9-11-20(12-10-17)25(26,27)28)23(18-5-3-13-29-15-18)19-6-4-14-30-16-19/h2-16,23-24H,1H3,(H,31,32). The van der Waals surface area contributed by atoms with Gasteiger partial charge in [0.1, 0.15) is 5.82 Å². The maximum absolute atomic E-state index is 13.2. The zero-order valence-corrected chi connectivity index (χ0v) is 19.3. The van der Waals surface area contributed by atoms with Crippen molar-refractivity contribution in [3.63, 3.8) is 0 Å². The third kappa shape index (κ3) is 6.02. The lowest BCUT2D eigenvalue weighted by atomic mass is 9.76. The van der Waals surface area contributed by atoms with Crippen molar-refractivity contribution in [2.45, 2.75) is 18.0 Å². The molecule has 0 spiro atoms. The third-order valence-corrected chi connectivity index (χ3v) is 5.98. The summed E-state index contributed by atoms with van der Waals surface area (Å²) in [7, 11) is -3.59. The van der Waals surface area contributed by atoms with Crippen LogP contribution in [0.1, 0.15) is 39.8 Å². The number of nitrogens with zero attached hydrogens (tertiary/aromatic N) is 3. The molecule has 0 saturated carbocycles. The van der Waals surface area contributed by atoms with Gasteiger partial charge >= 0.3 is 6.18 Å². The molecule has 4 rings (SSSR count). The van der Waals surface area contributed by atoms with Crippen molar-refractivity contribution in [3.05, 3.63) is 119 Å². The minimum absolute atomic E-state index is 0.109. The number of alkyl halides is 3. The zero-order chi connectivity index (χ0) is 25.1. The minimum Gasteiger partial charge on any atom is -0.268 e. The normalized spacial score (nSPS) is 12.9. The summed E-state index contributed by atoms with van der Waals surface area (Å²) < 4.78 is 65.7. The maximum Gasteiger partial charge on any atom is 0.416 e. The number of halogens is 3. The van der Waals surface area contributed by atoms with Crippen molar-refractivity contribution in [2.24, 2.45) is 0 Å². The molecule has 0 radical (unpaired) electrons. The van der Waals surface area contributed by atoms with Crippen molar-refractivity contribution in [3.8, 4) is 0 Å². The van der Waals surface area contributed by atoms with Crippen LogP contribution >= 0.6 is 0 Å². The Morgan fingerprint density at radius 3 is 1.86 bits per heavy atom. The molecule has 0 saturated heterocycles. The number of pyridine rings is 3. The molecule has 4 aromatic rings. The molecular formula is C25H21F3N4O2S. The zero-order valence-electron chi connectivity index (χ0n) is 18.5. The molecule has 1 unspecified atom stereocenters.